The average Bonchev–Trinajstić information content (AvgIpc) is 2.97. The Hall–Kier alpha value is -1.59. The predicted molar refractivity (Wildman–Crippen MR) is 80.6 cm³/mol. The highest BCUT2D eigenvalue weighted by atomic mass is 79.9. The Balaban J connectivity index is 2.20. The van der Waals surface area contributed by atoms with Crippen molar-refractivity contribution in [3.8, 4) is 0 Å². The molecule has 0 fully saturated rings. The van der Waals surface area contributed by atoms with Crippen molar-refractivity contribution in [1.29, 1.82) is 0 Å². The number of benzene rings is 1. The zero-order valence-corrected chi connectivity index (χ0v) is 12.9. The van der Waals surface area contributed by atoms with Gasteiger partial charge in [-0.1, -0.05) is 18.2 Å². The first-order valence-electron chi connectivity index (χ1n) is 6.50. The van der Waals surface area contributed by atoms with Crippen LogP contribution in [0.3, 0.4) is 0 Å². The number of para-hydroxylation sites is 1. The molecule has 0 spiro atoms. The molecule has 0 amide bonds. The molecule has 0 aliphatic heterocycles. The summed E-state index contributed by atoms with van der Waals surface area (Å²) in [4.78, 5) is 0. The molecular formula is C15H15BrN2O2. The van der Waals surface area contributed by atoms with Gasteiger partial charge in [-0.15, -0.1) is 0 Å². The van der Waals surface area contributed by atoms with Crippen LogP contribution in [0.15, 0.2) is 39.4 Å². The van der Waals surface area contributed by atoms with E-state index in [1.807, 2.05) is 38.1 Å². The van der Waals surface area contributed by atoms with Crippen molar-refractivity contribution in [2.24, 2.45) is 0 Å². The lowest BCUT2D eigenvalue weighted by Gasteiger charge is -2.13. The van der Waals surface area contributed by atoms with Crippen LogP contribution < -0.4 is 0 Å². The van der Waals surface area contributed by atoms with E-state index < -0.39 is 6.10 Å². The Bertz CT molecular complexity index is 760. The van der Waals surface area contributed by atoms with E-state index in [4.69, 9.17) is 4.42 Å². The molecule has 0 aliphatic carbocycles. The lowest BCUT2D eigenvalue weighted by Crippen LogP contribution is -2.10. The highest BCUT2D eigenvalue weighted by Gasteiger charge is 2.25. The van der Waals surface area contributed by atoms with Crippen molar-refractivity contribution in [2.75, 3.05) is 0 Å². The fourth-order valence-corrected chi connectivity index (χ4v) is 3.07. The van der Waals surface area contributed by atoms with E-state index in [0.717, 1.165) is 32.5 Å². The van der Waals surface area contributed by atoms with Crippen molar-refractivity contribution >= 4 is 26.9 Å². The molecule has 2 heterocycles. The van der Waals surface area contributed by atoms with Crippen LogP contribution in [-0.4, -0.2) is 14.9 Å². The second-order valence-electron chi connectivity index (χ2n) is 4.66. The Morgan fingerprint density at radius 3 is 2.90 bits per heavy atom. The molecule has 0 bridgehead atoms. The Morgan fingerprint density at radius 2 is 2.15 bits per heavy atom. The molecule has 3 rings (SSSR count). The van der Waals surface area contributed by atoms with Gasteiger partial charge in [0.1, 0.15) is 17.4 Å². The Kier molecular flexibility index (Phi) is 3.40. The minimum atomic E-state index is -0.768. The zero-order valence-electron chi connectivity index (χ0n) is 11.3. The van der Waals surface area contributed by atoms with Gasteiger partial charge in [-0.25, -0.2) is 0 Å². The number of hydrogen-bond donors (Lipinski definition) is 1. The number of halogens is 1. The molecule has 1 atom stereocenters. The van der Waals surface area contributed by atoms with Crippen molar-refractivity contribution < 1.29 is 9.52 Å². The van der Waals surface area contributed by atoms with Crippen molar-refractivity contribution in [3.63, 3.8) is 0 Å². The van der Waals surface area contributed by atoms with Gasteiger partial charge in [0.05, 0.1) is 16.4 Å². The number of furan rings is 1. The van der Waals surface area contributed by atoms with E-state index in [9.17, 15) is 5.11 Å². The normalized spacial score (nSPS) is 13.0. The van der Waals surface area contributed by atoms with E-state index >= 15 is 0 Å². The Morgan fingerprint density at radius 1 is 1.40 bits per heavy atom. The van der Waals surface area contributed by atoms with Gasteiger partial charge < -0.3 is 9.52 Å². The number of rotatable bonds is 3. The average molecular weight is 335 g/mol. The monoisotopic (exact) mass is 334 g/mol. The molecule has 1 N–H and O–H groups in total. The second kappa shape index (κ2) is 5.07. The standard InChI is InChI=1S/C15H15BrN2O2/c1-3-18-14(11(16)8-17-18)15(19)13-9(2)20-12-7-5-4-6-10(12)13/h4-8,15,19H,3H2,1-2H3. The van der Waals surface area contributed by atoms with E-state index in [-0.39, 0.29) is 0 Å². The lowest BCUT2D eigenvalue weighted by molar-refractivity contribution is 0.206. The first-order chi connectivity index (χ1) is 9.63. The number of aromatic nitrogens is 2. The summed E-state index contributed by atoms with van der Waals surface area (Å²) in [5.41, 5.74) is 2.34. The molecule has 1 unspecified atom stereocenters. The maximum atomic E-state index is 10.8. The molecule has 3 aromatic rings. The number of aliphatic hydroxyl groups is 1. The summed E-state index contributed by atoms with van der Waals surface area (Å²) < 4.78 is 8.32. The van der Waals surface area contributed by atoms with Crippen LogP contribution >= 0.6 is 15.9 Å². The third kappa shape index (κ3) is 1.98. The van der Waals surface area contributed by atoms with E-state index in [2.05, 4.69) is 21.0 Å². The number of nitrogens with zero attached hydrogens (tertiary/aromatic N) is 2. The van der Waals surface area contributed by atoms with Gasteiger partial charge in [-0.05, 0) is 35.8 Å². The number of aliphatic hydroxyl groups excluding tert-OH is 1. The SMILES string of the molecule is CCn1ncc(Br)c1C(O)c1c(C)oc2ccccc12. The summed E-state index contributed by atoms with van der Waals surface area (Å²) in [6.45, 7) is 4.57. The molecule has 0 saturated heterocycles. The molecule has 0 saturated carbocycles. The first-order valence-corrected chi connectivity index (χ1v) is 7.30. The largest absolute Gasteiger partial charge is 0.461 e. The summed E-state index contributed by atoms with van der Waals surface area (Å²) in [6.07, 6.45) is 0.940. The van der Waals surface area contributed by atoms with E-state index in [1.165, 1.54) is 0 Å². The van der Waals surface area contributed by atoms with Crippen molar-refractivity contribution in [2.45, 2.75) is 26.5 Å². The van der Waals surface area contributed by atoms with E-state index in [0.29, 0.717) is 6.54 Å². The third-order valence-electron chi connectivity index (χ3n) is 3.48. The number of aryl methyl sites for hydroxylation is 2. The smallest absolute Gasteiger partial charge is 0.134 e. The van der Waals surface area contributed by atoms with Gasteiger partial charge in [0.25, 0.3) is 0 Å². The van der Waals surface area contributed by atoms with Crippen LogP contribution in [-0.2, 0) is 6.54 Å². The van der Waals surface area contributed by atoms with Gasteiger partial charge in [0.2, 0.25) is 0 Å². The molecule has 104 valence electrons. The van der Waals surface area contributed by atoms with E-state index in [1.54, 1.807) is 10.9 Å². The lowest BCUT2D eigenvalue weighted by atomic mass is 10.0. The molecule has 4 nitrogen and oxygen atoms in total. The van der Waals surface area contributed by atoms with Gasteiger partial charge in [-0.2, -0.15) is 5.10 Å². The van der Waals surface area contributed by atoms with Crippen LogP contribution in [0.5, 0.6) is 0 Å². The van der Waals surface area contributed by atoms with Crippen LogP contribution in [0.4, 0.5) is 0 Å². The first kappa shape index (κ1) is 13.4. The molecular weight excluding hydrogens is 320 g/mol. The maximum Gasteiger partial charge on any atom is 0.134 e. The van der Waals surface area contributed by atoms with Gasteiger partial charge in [0.15, 0.2) is 0 Å². The van der Waals surface area contributed by atoms with Crippen molar-refractivity contribution in [1.82, 2.24) is 9.78 Å². The maximum absolute atomic E-state index is 10.8. The molecule has 20 heavy (non-hydrogen) atoms. The number of fused-ring (bicyclic) bond motifs is 1. The van der Waals surface area contributed by atoms with Crippen LogP contribution in [0, 0.1) is 6.92 Å². The minimum absolute atomic E-state index is 0.701. The fourth-order valence-electron chi connectivity index (χ4n) is 2.56. The third-order valence-corrected chi connectivity index (χ3v) is 4.10. The molecule has 2 aromatic heterocycles. The fraction of sp³-hybridized carbons (Fsp3) is 0.267. The summed E-state index contributed by atoms with van der Waals surface area (Å²) in [6, 6.07) is 7.74. The zero-order chi connectivity index (χ0) is 14.3. The molecule has 0 radical (unpaired) electrons. The summed E-state index contributed by atoms with van der Waals surface area (Å²) in [5, 5.41) is 16.0. The minimum Gasteiger partial charge on any atom is -0.461 e. The summed E-state index contributed by atoms with van der Waals surface area (Å²) >= 11 is 3.46. The quantitative estimate of drug-likeness (QED) is 0.792. The van der Waals surface area contributed by atoms with Gasteiger partial charge in [0, 0.05) is 17.5 Å². The molecule has 5 heteroatoms. The van der Waals surface area contributed by atoms with Crippen LogP contribution in [0.25, 0.3) is 11.0 Å². The molecule has 0 aliphatic rings. The number of hydrogen-bond acceptors (Lipinski definition) is 3. The highest BCUT2D eigenvalue weighted by Crippen LogP contribution is 2.36. The van der Waals surface area contributed by atoms with Gasteiger partial charge >= 0.3 is 0 Å². The second-order valence-corrected chi connectivity index (χ2v) is 5.52. The van der Waals surface area contributed by atoms with Crippen molar-refractivity contribution in [3.05, 3.63) is 52.0 Å². The van der Waals surface area contributed by atoms with Gasteiger partial charge in [-0.3, -0.25) is 4.68 Å². The van der Waals surface area contributed by atoms with Crippen LogP contribution in [0.1, 0.15) is 30.0 Å². The summed E-state index contributed by atoms with van der Waals surface area (Å²) in [5.74, 6) is 0.731. The summed E-state index contributed by atoms with van der Waals surface area (Å²) in [7, 11) is 0. The highest BCUT2D eigenvalue weighted by molar-refractivity contribution is 9.10. The molecule has 1 aromatic carbocycles. The Labute approximate surface area is 125 Å². The predicted octanol–water partition coefficient (Wildman–Crippen LogP) is 3.80. The topological polar surface area (TPSA) is 51.2 Å². The van der Waals surface area contributed by atoms with Crippen LogP contribution in [0.2, 0.25) is 0 Å².